The predicted octanol–water partition coefficient (Wildman–Crippen LogP) is 3.78. The number of fused-ring (bicyclic) bond motifs is 1. The third kappa shape index (κ3) is 4.00. The maximum atomic E-state index is 12.5. The van der Waals surface area contributed by atoms with E-state index in [1.165, 1.54) is 12.1 Å². The number of H-pyrrole nitrogens is 1. The molecule has 0 atom stereocenters. The predicted molar refractivity (Wildman–Crippen MR) is 112 cm³/mol. The number of aromatic nitrogens is 2. The van der Waals surface area contributed by atoms with E-state index in [0.717, 1.165) is 22.7 Å². The lowest BCUT2D eigenvalue weighted by Crippen LogP contribution is -2.16. The molecule has 0 saturated heterocycles. The highest BCUT2D eigenvalue weighted by molar-refractivity contribution is 7.89. The summed E-state index contributed by atoms with van der Waals surface area (Å²) in [4.78, 5) is 20.1. The summed E-state index contributed by atoms with van der Waals surface area (Å²) >= 11 is 6.04. The van der Waals surface area contributed by atoms with Gasteiger partial charge in [0.2, 0.25) is 10.0 Å². The summed E-state index contributed by atoms with van der Waals surface area (Å²) in [5.74, 6) is 0.171. The number of nitrogens with one attached hydrogen (secondary N) is 2. The van der Waals surface area contributed by atoms with E-state index in [9.17, 15) is 13.2 Å². The molecule has 0 spiro atoms. The van der Waals surface area contributed by atoms with E-state index in [0.29, 0.717) is 11.5 Å². The van der Waals surface area contributed by atoms with Crippen molar-refractivity contribution < 1.29 is 13.2 Å². The fourth-order valence-corrected chi connectivity index (χ4v) is 3.60. The third-order valence-corrected chi connectivity index (χ3v) is 5.56. The molecule has 0 fully saturated rings. The number of carbonyl (C=O) groups excluding carboxylic acids is 1. The summed E-state index contributed by atoms with van der Waals surface area (Å²) in [6.07, 6.45) is 0. The molecule has 0 unspecified atom stereocenters. The van der Waals surface area contributed by atoms with Gasteiger partial charge in [-0.05, 0) is 54.6 Å². The largest absolute Gasteiger partial charge is 0.338 e. The first-order chi connectivity index (χ1) is 13.8. The molecule has 0 bridgehead atoms. The number of nitrogens with two attached hydrogens (primary N) is 1. The van der Waals surface area contributed by atoms with Crippen molar-refractivity contribution in [1.82, 2.24) is 9.97 Å². The number of rotatable bonds is 4. The molecule has 0 aliphatic carbocycles. The molecule has 1 amide bonds. The zero-order chi connectivity index (χ0) is 20.6. The summed E-state index contributed by atoms with van der Waals surface area (Å²) in [5, 5.41) is 7.93. The normalized spacial score (nSPS) is 11.5. The molecule has 29 heavy (non-hydrogen) atoms. The Balaban J connectivity index is 1.57. The highest BCUT2D eigenvalue weighted by Crippen LogP contribution is 2.24. The van der Waals surface area contributed by atoms with Crippen molar-refractivity contribution in [3.8, 4) is 11.4 Å². The summed E-state index contributed by atoms with van der Waals surface area (Å²) < 4.78 is 23.0. The number of carbonyl (C=O) groups is 1. The first-order valence-electron chi connectivity index (χ1n) is 8.50. The van der Waals surface area contributed by atoms with E-state index in [-0.39, 0.29) is 15.5 Å². The molecule has 1 heterocycles. The minimum absolute atomic E-state index is 0.0135. The average molecular weight is 427 g/mol. The van der Waals surface area contributed by atoms with Gasteiger partial charge in [0.1, 0.15) is 5.82 Å². The Morgan fingerprint density at radius 2 is 1.76 bits per heavy atom. The van der Waals surface area contributed by atoms with Crippen LogP contribution in [-0.2, 0) is 10.0 Å². The average Bonchev–Trinajstić information content (AvgIpc) is 3.12. The second-order valence-electron chi connectivity index (χ2n) is 6.32. The molecule has 0 aliphatic rings. The summed E-state index contributed by atoms with van der Waals surface area (Å²) in [6, 6.07) is 18.5. The number of nitrogens with zero attached hydrogens (tertiary/aromatic N) is 1. The number of benzene rings is 3. The second-order valence-corrected chi connectivity index (χ2v) is 8.29. The van der Waals surface area contributed by atoms with Crippen LogP contribution >= 0.6 is 11.6 Å². The van der Waals surface area contributed by atoms with Crippen LogP contribution in [0.25, 0.3) is 22.4 Å². The molecular weight excluding hydrogens is 412 g/mol. The van der Waals surface area contributed by atoms with Crippen molar-refractivity contribution in [1.29, 1.82) is 0 Å². The second kappa shape index (κ2) is 7.32. The molecule has 0 aliphatic heterocycles. The quantitative estimate of drug-likeness (QED) is 0.460. The Morgan fingerprint density at radius 3 is 2.45 bits per heavy atom. The van der Waals surface area contributed by atoms with Crippen LogP contribution in [0.1, 0.15) is 10.4 Å². The molecule has 7 nitrogen and oxygen atoms in total. The number of anilines is 1. The van der Waals surface area contributed by atoms with Gasteiger partial charge in [-0.1, -0.05) is 23.7 Å². The fraction of sp³-hybridized carbons (Fsp3) is 0. The Labute approximate surface area is 171 Å². The number of amides is 1. The molecule has 4 rings (SSSR count). The summed E-state index contributed by atoms with van der Waals surface area (Å²) in [6.45, 7) is 0. The summed E-state index contributed by atoms with van der Waals surface area (Å²) in [7, 11) is -3.94. The van der Waals surface area contributed by atoms with Gasteiger partial charge in [0.25, 0.3) is 5.91 Å². The molecule has 1 aromatic heterocycles. The SMILES string of the molecule is NS(=O)(=O)c1ccc(Cl)c(C(=O)Nc2ccc(-c3nc4ccccc4[nH]3)cc2)c1. The van der Waals surface area contributed by atoms with Crippen LogP contribution in [0.15, 0.2) is 71.6 Å². The number of hydrogen-bond donors (Lipinski definition) is 3. The van der Waals surface area contributed by atoms with Crippen molar-refractivity contribution in [3.05, 3.63) is 77.3 Å². The number of para-hydroxylation sites is 2. The molecule has 4 aromatic rings. The lowest BCUT2D eigenvalue weighted by molar-refractivity contribution is 0.102. The fourth-order valence-electron chi connectivity index (χ4n) is 2.85. The molecule has 3 aromatic carbocycles. The van der Waals surface area contributed by atoms with Gasteiger partial charge in [0.15, 0.2) is 0 Å². The van der Waals surface area contributed by atoms with Crippen LogP contribution in [0.5, 0.6) is 0 Å². The number of hydrogen-bond acceptors (Lipinski definition) is 4. The topological polar surface area (TPSA) is 118 Å². The van der Waals surface area contributed by atoms with Gasteiger partial charge in [-0.15, -0.1) is 0 Å². The zero-order valence-electron chi connectivity index (χ0n) is 14.9. The van der Waals surface area contributed by atoms with E-state index >= 15 is 0 Å². The van der Waals surface area contributed by atoms with E-state index in [1.54, 1.807) is 12.1 Å². The van der Waals surface area contributed by atoms with Gasteiger partial charge in [-0.25, -0.2) is 18.5 Å². The van der Waals surface area contributed by atoms with E-state index in [4.69, 9.17) is 16.7 Å². The van der Waals surface area contributed by atoms with Crippen LogP contribution in [-0.4, -0.2) is 24.3 Å². The molecule has 0 saturated carbocycles. The van der Waals surface area contributed by atoms with Crippen LogP contribution in [0.2, 0.25) is 5.02 Å². The molecule has 4 N–H and O–H groups in total. The van der Waals surface area contributed by atoms with E-state index in [1.807, 2.05) is 36.4 Å². The van der Waals surface area contributed by atoms with Crippen molar-refractivity contribution in [2.45, 2.75) is 4.90 Å². The lowest BCUT2D eigenvalue weighted by atomic mass is 10.1. The maximum Gasteiger partial charge on any atom is 0.257 e. The maximum absolute atomic E-state index is 12.5. The summed E-state index contributed by atoms with van der Waals surface area (Å²) in [5.41, 5.74) is 3.19. The smallest absolute Gasteiger partial charge is 0.257 e. The van der Waals surface area contributed by atoms with Crippen LogP contribution in [0.4, 0.5) is 5.69 Å². The molecule has 146 valence electrons. The Hall–Kier alpha value is -3.20. The van der Waals surface area contributed by atoms with Gasteiger partial charge in [0.05, 0.1) is 26.5 Å². The van der Waals surface area contributed by atoms with Crippen molar-refractivity contribution in [2.24, 2.45) is 5.14 Å². The zero-order valence-corrected chi connectivity index (χ0v) is 16.5. The Morgan fingerprint density at radius 1 is 1.03 bits per heavy atom. The van der Waals surface area contributed by atoms with Gasteiger partial charge in [-0.3, -0.25) is 4.79 Å². The van der Waals surface area contributed by atoms with Crippen molar-refractivity contribution in [3.63, 3.8) is 0 Å². The first kappa shape index (κ1) is 19.1. The Bertz CT molecular complexity index is 1300. The number of aromatic amines is 1. The monoisotopic (exact) mass is 426 g/mol. The van der Waals surface area contributed by atoms with Gasteiger partial charge in [0, 0.05) is 11.3 Å². The minimum atomic E-state index is -3.94. The standard InChI is InChI=1S/C20H15ClN4O3S/c21-16-10-9-14(29(22,27)28)11-15(16)20(26)23-13-7-5-12(6-8-13)19-24-17-3-1-2-4-18(17)25-19/h1-11H,(H,23,26)(H,24,25)(H2,22,27,28). The molecule has 0 radical (unpaired) electrons. The minimum Gasteiger partial charge on any atom is -0.338 e. The van der Waals surface area contributed by atoms with Crippen LogP contribution in [0.3, 0.4) is 0 Å². The first-order valence-corrected chi connectivity index (χ1v) is 10.4. The highest BCUT2D eigenvalue weighted by atomic mass is 35.5. The Kier molecular flexibility index (Phi) is 4.83. The third-order valence-electron chi connectivity index (χ3n) is 4.32. The number of halogens is 1. The van der Waals surface area contributed by atoms with E-state index in [2.05, 4.69) is 15.3 Å². The van der Waals surface area contributed by atoms with Crippen molar-refractivity contribution >= 4 is 44.3 Å². The van der Waals surface area contributed by atoms with Gasteiger partial charge >= 0.3 is 0 Å². The highest BCUT2D eigenvalue weighted by Gasteiger charge is 2.16. The van der Waals surface area contributed by atoms with Gasteiger partial charge in [-0.2, -0.15) is 0 Å². The number of primary sulfonamides is 1. The number of imidazole rings is 1. The van der Waals surface area contributed by atoms with Gasteiger partial charge < -0.3 is 10.3 Å². The van der Waals surface area contributed by atoms with E-state index < -0.39 is 15.9 Å². The van der Waals surface area contributed by atoms with Crippen LogP contribution < -0.4 is 10.5 Å². The van der Waals surface area contributed by atoms with Crippen LogP contribution in [0, 0.1) is 0 Å². The van der Waals surface area contributed by atoms with Crippen molar-refractivity contribution in [2.75, 3.05) is 5.32 Å². The number of sulfonamides is 1. The molecule has 9 heteroatoms. The molecular formula is C20H15ClN4O3S. The lowest BCUT2D eigenvalue weighted by Gasteiger charge is -2.09.